The Bertz CT molecular complexity index is 484. The lowest BCUT2D eigenvalue weighted by atomic mass is 10.3. The predicted molar refractivity (Wildman–Crippen MR) is 65.0 cm³/mol. The van der Waals surface area contributed by atoms with E-state index in [1.165, 1.54) is 0 Å². The van der Waals surface area contributed by atoms with Gasteiger partial charge in [-0.25, -0.2) is 4.79 Å². The Hall–Kier alpha value is -2.83. The molecule has 0 saturated heterocycles. The highest BCUT2D eigenvalue weighted by Crippen LogP contribution is 2.07. The second-order valence-corrected chi connectivity index (χ2v) is 3.31. The molecule has 1 aromatic carbocycles. The summed E-state index contributed by atoms with van der Waals surface area (Å²) in [7, 11) is 0. The molecule has 0 atom stereocenters. The standard InChI is InChI=1S/C12H12N2O5/c15-10(6-7-12(17)18)13-14-11(16)8-19-9-4-2-1-3-5-9/h1-7H,8H2,(H,13,15)(H,14,16)(H,17,18)/b7-6-. The predicted octanol–water partition coefficient (Wildman–Crippen LogP) is -0.146. The molecule has 7 heteroatoms. The molecule has 0 aromatic heterocycles. The first-order valence-corrected chi connectivity index (χ1v) is 5.25. The molecule has 0 aliphatic heterocycles. The van der Waals surface area contributed by atoms with E-state index in [4.69, 9.17) is 9.84 Å². The van der Waals surface area contributed by atoms with Gasteiger partial charge in [0.1, 0.15) is 5.75 Å². The normalized spacial score (nSPS) is 9.89. The molecule has 1 rings (SSSR count). The molecular weight excluding hydrogens is 252 g/mol. The fraction of sp³-hybridized carbons (Fsp3) is 0.0833. The number of hydrazine groups is 1. The van der Waals surface area contributed by atoms with Crippen molar-refractivity contribution in [3.63, 3.8) is 0 Å². The molecule has 7 nitrogen and oxygen atoms in total. The molecule has 0 fully saturated rings. The smallest absolute Gasteiger partial charge is 0.328 e. The lowest BCUT2D eigenvalue weighted by Crippen LogP contribution is -2.43. The SMILES string of the molecule is O=C(O)/C=C\C(=O)NNC(=O)COc1ccccc1. The van der Waals surface area contributed by atoms with Gasteiger partial charge in [0.2, 0.25) is 0 Å². The quantitative estimate of drug-likeness (QED) is 0.507. The fourth-order valence-electron chi connectivity index (χ4n) is 1.02. The van der Waals surface area contributed by atoms with E-state index in [-0.39, 0.29) is 6.61 Å². The van der Waals surface area contributed by atoms with E-state index in [1.807, 2.05) is 11.5 Å². The van der Waals surface area contributed by atoms with Crippen LogP contribution < -0.4 is 15.6 Å². The second-order valence-electron chi connectivity index (χ2n) is 3.31. The van der Waals surface area contributed by atoms with Crippen molar-refractivity contribution >= 4 is 17.8 Å². The molecule has 0 radical (unpaired) electrons. The number of carbonyl (C=O) groups is 3. The molecule has 19 heavy (non-hydrogen) atoms. The van der Waals surface area contributed by atoms with Gasteiger partial charge < -0.3 is 9.84 Å². The lowest BCUT2D eigenvalue weighted by molar-refractivity contribution is -0.131. The Kier molecular flexibility index (Phi) is 5.61. The van der Waals surface area contributed by atoms with Crippen molar-refractivity contribution in [2.24, 2.45) is 0 Å². The highest BCUT2D eigenvalue weighted by atomic mass is 16.5. The number of benzene rings is 1. The highest BCUT2D eigenvalue weighted by molar-refractivity contribution is 5.94. The molecule has 3 N–H and O–H groups in total. The van der Waals surface area contributed by atoms with Gasteiger partial charge in [-0.05, 0) is 12.1 Å². The summed E-state index contributed by atoms with van der Waals surface area (Å²) in [5, 5.41) is 8.28. The largest absolute Gasteiger partial charge is 0.484 e. The number of amides is 2. The van der Waals surface area contributed by atoms with Crippen LogP contribution in [0.25, 0.3) is 0 Å². The summed E-state index contributed by atoms with van der Waals surface area (Å²) >= 11 is 0. The Morgan fingerprint density at radius 2 is 1.79 bits per heavy atom. The van der Waals surface area contributed by atoms with Crippen LogP contribution in [0.15, 0.2) is 42.5 Å². The highest BCUT2D eigenvalue weighted by Gasteiger charge is 2.03. The molecule has 0 aliphatic carbocycles. The van der Waals surface area contributed by atoms with Crippen LogP contribution in [0.2, 0.25) is 0 Å². The lowest BCUT2D eigenvalue weighted by Gasteiger charge is -2.07. The van der Waals surface area contributed by atoms with Crippen molar-refractivity contribution in [3.05, 3.63) is 42.5 Å². The van der Waals surface area contributed by atoms with E-state index in [0.29, 0.717) is 11.8 Å². The molecule has 0 aliphatic rings. The molecule has 0 unspecified atom stereocenters. The number of carbonyl (C=O) groups excluding carboxylic acids is 2. The van der Waals surface area contributed by atoms with Crippen LogP contribution in [-0.4, -0.2) is 29.5 Å². The van der Waals surface area contributed by atoms with Crippen LogP contribution in [0.4, 0.5) is 0 Å². The minimum absolute atomic E-state index is 0.271. The zero-order chi connectivity index (χ0) is 14.1. The third-order valence-corrected chi connectivity index (χ3v) is 1.82. The van der Waals surface area contributed by atoms with Crippen LogP contribution in [0.5, 0.6) is 5.75 Å². The van der Waals surface area contributed by atoms with E-state index in [2.05, 4.69) is 5.43 Å². The molecule has 0 spiro atoms. The maximum Gasteiger partial charge on any atom is 0.328 e. The van der Waals surface area contributed by atoms with Crippen molar-refractivity contribution in [1.29, 1.82) is 0 Å². The van der Waals surface area contributed by atoms with Gasteiger partial charge in [-0.3, -0.25) is 20.4 Å². The Balaban J connectivity index is 2.25. The molecule has 1 aromatic rings. The minimum atomic E-state index is -1.26. The summed E-state index contributed by atoms with van der Waals surface area (Å²) in [6.45, 7) is -0.271. The molecule has 2 amide bonds. The fourth-order valence-corrected chi connectivity index (χ4v) is 1.02. The van der Waals surface area contributed by atoms with Gasteiger partial charge >= 0.3 is 5.97 Å². The van der Waals surface area contributed by atoms with Crippen molar-refractivity contribution in [1.82, 2.24) is 10.9 Å². The molecule has 100 valence electrons. The first-order chi connectivity index (χ1) is 9.08. The van der Waals surface area contributed by atoms with Gasteiger partial charge in [-0.1, -0.05) is 18.2 Å². The van der Waals surface area contributed by atoms with Gasteiger partial charge in [-0.2, -0.15) is 0 Å². The van der Waals surface area contributed by atoms with E-state index < -0.39 is 17.8 Å². The van der Waals surface area contributed by atoms with Gasteiger partial charge in [0.05, 0.1) is 0 Å². The number of rotatable bonds is 5. The first-order valence-electron chi connectivity index (χ1n) is 5.25. The number of hydrogen-bond acceptors (Lipinski definition) is 4. The van der Waals surface area contributed by atoms with Gasteiger partial charge in [-0.15, -0.1) is 0 Å². The third-order valence-electron chi connectivity index (χ3n) is 1.82. The van der Waals surface area contributed by atoms with Gasteiger partial charge in [0.15, 0.2) is 6.61 Å². The topological polar surface area (TPSA) is 105 Å². The summed E-state index contributed by atoms with van der Waals surface area (Å²) in [4.78, 5) is 32.4. The van der Waals surface area contributed by atoms with Crippen LogP contribution >= 0.6 is 0 Å². The molecular formula is C12H12N2O5. The van der Waals surface area contributed by atoms with Gasteiger partial charge in [0.25, 0.3) is 11.8 Å². The van der Waals surface area contributed by atoms with Crippen molar-refractivity contribution < 1.29 is 24.2 Å². The maximum atomic E-state index is 11.3. The van der Waals surface area contributed by atoms with E-state index in [0.717, 1.165) is 6.08 Å². The number of para-hydroxylation sites is 1. The summed E-state index contributed by atoms with van der Waals surface area (Å²) < 4.78 is 5.12. The average molecular weight is 264 g/mol. The number of hydrogen-bond donors (Lipinski definition) is 3. The third kappa shape index (κ3) is 6.47. The Labute approximate surface area is 108 Å². The number of ether oxygens (including phenoxy) is 1. The van der Waals surface area contributed by atoms with Crippen LogP contribution in [0.1, 0.15) is 0 Å². The van der Waals surface area contributed by atoms with Crippen molar-refractivity contribution in [3.8, 4) is 5.75 Å². The molecule has 0 heterocycles. The zero-order valence-electron chi connectivity index (χ0n) is 9.83. The second kappa shape index (κ2) is 7.49. The summed E-state index contributed by atoms with van der Waals surface area (Å²) in [5.41, 5.74) is 4.07. The monoisotopic (exact) mass is 264 g/mol. The van der Waals surface area contributed by atoms with E-state index in [9.17, 15) is 14.4 Å². The molecule has 0 saturated carbocycles. The summed E-state index contributed by atoms with van der Waals surface area (Å²) in [6, 6.07) is 8.68. The maximum absolute atomic E-state index is 11.3. The molecule has 0 bridgehead atoms. The first kappa shape index (κ1) is 14.2. The number of carboxylic acids is 1. The van der Waals surface area contributed by atoms with E-state index >= 15 is 0 Å². The van der Waals surface area contributed by atoms with E-state index in [1.54, 1.807) is 24.3 Å². The van der Waals surface area contributed by atoms with Crippen molar-refractivity contribution in [2.75, 3.05) is 6.61 Å². The van der Waals surface area contributed by atoms with Crippen LogP contribution in [0.3, 0.4) is 0 Å². The Morgan fingerprint density at radius 3 is 2.42 bits per heavy atom. The van der Waals surface area contributed by atoms with Crippen LogP contribution in [-0.2, 0) is 14.4 Å². The minimum Gasteiger partial charge on any atom is -0.484 e. The number of aliphatic carboxylic acids is 1. The van der Waals surface area contributed by atoms with Crippen LogP contribution in [0, 0.1) is 0 Å². The Morgan fingerprint density at radius 1 is 1.11 bits per heavy atom. The zero-order valence-corrected chi connectivity index (χ0v) is 9.83. The number of nitrogens with one attached hydrogen (secondary N) is 2. The number of carboxylic acid groups (broad SMARTS) is 1. The van der Waals surface area contributed by atoms with Gasteiger partial charge in [0, 0.05) is 12.2 Å². The van der Waals surface area contributed by atoms with Crippen molar-refractivity contribution in [2.45, 2.75) is 0 Å². The average Bonchev–Trinajstić information content (AvgIpc) is 2.41. The summed E-state index contributed by atoms with van der Waals surface area (Å²) in [6.07, 6.45) is 1.43. The summed E-state index contributed by atoms with van der Waals surface area (Å²) in [5.74, 6) is -2.06.